The molecule has 8 rings (SSSR count). The highest BCUT2D eigenvalue weighted by molar-refractivity contribution is 7.79. The van der Waals surface area contributed by atoms with Gasteiger partial charge in [0.1, 0.15) is 6.42 Å². The van der Waals surface area contributed by atoms with Gasteiger partial charge in [0.05, 0.1) is 14.0 Å². The van der Waals surface area contributed by atoms with Gasteiger partial charge in [-0.3, -0.25) is 0 Å². The van der Waals surface area contributed by atoms with Crippen LogP contribution in [0, 0.1) is 0 Å². The summed E-state index contributed by atoms with van der Waals surface area (Å²) < 4.78 is 13.9. The molecule has 0 saturated heterocycles. The van der Waals surface area contributed by atoms with E-state index >= 15 is 0 Å². The maximum Gasteiger partial charge on any atom is 0.596 e. The van der Waals surface area contributed by atoms with Crippen LogP contribution in [0.15, 0.2) is 116 Å². The first-order chi connectivity index (χ1) is 16.9. The predicted octanol–water partition coefficient (Wildman–Crippen LogP) is 2.39. The Bertz CT molecular complexity index is 1530. The maximum atomic E-state index is 6.58. The topological polar surface area (TPSA) is 20.9 Å². The van der Waals surface area contributed by atoms with Gasteiger partial charge in [0.25, 0.3) is 0 Å². The largest absolute Gasteiger partial charge is 0.596 e. The summed E-state index contributed by atoms with van der Waals surface area (Å²) in [4.78, 5) is 0. The number of hydrogen-bond donors (Lipinski definition) is 0. The molecule has 2 atom stereocenters. The summed E-state index contributed by atoms with van der Waals surface area (Å²) in [5.74, 6) is 1.18. The molecule has 5 aromatic rings. The average molecular weight is 458 g/mol. The first-order valence-electron chi connectivity index (χ1n) is 11.6. The van der Waals surface area contributed by atoms with Crippen molar-refractivity contribution in [1.29, 1.82) is 0 Å². The van der Waals surface area contributed by atoms with Crippen LogP contribution in [0.2, 0.25) is 0 Å². The van der Waals surface area contributed by atoms with E-state index < -0.39 is 13.7 Å². The highest BCUT2D eigenvalue weighted by Crippen LogP contribution is 2.45. The molecule has 2 unspecified atom stereocenters. The predicted molar refractivity (Wildman–Crippen MR) is 129 cm³/mol. The van der Waals surface area contributed by atoms with Crippen LogP contribution < -0.4 is 34.5 Å². The number of rotatable bonds is 1. The van der Waals surface area contributed by atoms with E-state index in [1.807, 2.05) is 6.07 Å². The molecule has 3 aromatic heterocycles. The molecule has 0 amide bonds. The Balaban J connectivity index is 1.61. The summed E-state index contributed by atoms with van der Waals surface area (Å²) in [7, 11) is -0.755. The van der Waals surface area contributed by atoms with Gasteiger partial charge in [-0.25, -0.2) is 0 Å². The molecule has 0 aliphatic carbocycles. The Morgan fingerprint density at radius 3 is 2.35 bits per heavy atom. The lowest BCUT2D eigenvalue weighted by Gasteiger charge is -2.35. The zero-order chi connectivity index (χ0) is 22.3. The lowest BCUT2D eigenvalue weighted by atomic mass is 9.97. The van der Waals surface area contributed by atoms with Crippen LogP contribution in [0.5, 0.6) is 11.6 Å². The summed E-state index contributed by atoms with van der Waals surface area (Å²) in [6.07, 6.45) is 5.27. The first-order valence-corrected chi connectivity index (χ1v) is 12.9. The standard InChI is InChI=1S/C29H21N3OP/c1-2-12-23(13-3-1)34-25-15-9-14-24-28(25)29(31-19-7-5-16-26(31)33-24)30-18-6-4-10-21(30)20-22-11-8-17-27(34)32(22)29/h1-19H,20H2/q+3. The fraction of sp³-hybridized carbons (Fsp3) is 0.0690. The minimum atomic E-state index is -0.755. The van der Waals surface area contributed by atoms with E-state index in [2.05, 4.69) is 123 Å². The van der Waals surface area contributed by atoms with E-state index in [9.17, 15) is 0 Å². The number of hydrogen-bond acceptors (Lipinski definition) is 1. The van der Waals surface area contributed by atoms with Crippen LogP contribution in [0.1, 0.15) is 17.0 Å². The van der Waals surface area contributed by atoms with Crippen molar-refractivity contribution in [3.63, 3.8) is 0 Å². The molecule has 0 N–H and O–H groups in total. The van der Waals surface area contributed by atoms with Crippen LogP contribution in [-0.2, 0) is 12.2 Å². The highest BCUT2D eigenvalue weighted by atomic mass is 31.1. The third-order valence-corrected chi connectivity index (χ3v) is 9.68. The molecule has 0 fully saturated rings. The lowest BCUT2D eigenvalue weighted by molar-refractivity contribution is -1.16. The minimum Gasteiger partial charge on any atom is -0.404 e. The molecule has 1 spiro atoms. The van der Waals surface area contributed by atoms with Gasteiger partial charge in [0, 0.05) is 35.6 Å². The van der Waals surface area contributed by atoms with Crippen molar-refractivity contribution in [1.82, 2.24) is 0 Å². The fourth-order valence-electron chi connectivity index (χ4n) is 5.99. The van der Waals surface area contributed by atoms with Crippen LogP contribution in [0.25, 0.3) is 0 Å². The van der Waals surface area contributed by atoms with Crippen molar-refractivity contribution >= 4 is 24.0 Å². The molecule has 34 heavy (non-hydrogen) atoms. The number of pyridine rings is 3. The Morgan fingerprint density at radius 2 is 1.44 bits per heavy atom. The fourth-order valence-corrected chi connectivity index (χ4v) is 8.67. The molecule has 4 nitrogen and oxygen atoms in total. The molecule has 0 radical (unpaired) electrons. The number of benzene rings is 2. The molecule has 0 bridgehead atoms. The molecular formula is C29H21N3OP+3. The second-order valence-electron chi connectivity index (χ2n) is 8.92. The molecule has 6 heterocycles. The number of aromatic nitrogens is 3. The average Bonchev–Trinajstić information content (AvgIpc) is 2.89. The van der Waals surface area contributed by atoms with E-state index in [-0.39, 0.29) is 0 Å². The second-order valence-corrected chi connectivity index (χ2v) is 11.0. The van der Waals surface area contributed by atoms with Crippen molar-refractivity contribution in [2.24, 2.45) is 0 Å². The van der Waals surface area contributed by atoms with Crippen molar-refractivity contribution in [3.05, 3.63) is 132 Å². The van der Waals surface area contributed by atoms with Gasteiger partial charge in [0.2, 0.25) is 22.4 Å². The van der Waals surface area contributed by atoms with E-state index in [0.717, 1.165) is 18.1 Å². The monoisotopic (exact) mass is 458 g/mol. The van der Waals surface area contributed by atoms with Gasteiger partial charge >= 0.3 is 11.7 Å². The van der Waals surface area contributed by atoms with Gasteiger partial charge in [-0.15, -0.1) is 0 Å². The first kappa shape index (κ1) is 18.5. The third kappa shape index (κ3) is 2.15. The zero-order valence-electron chi connectivity index (χ0n) is 18.4. The smallest absolute Gasteiger partial charge is 0.404 e. The Kier molecular flexibility index (Phi) is 3.59. The molecule has 5 heteroatoms. The number of ether oxygens (including phenoxy) is 1. The van der Waals surface area contributed by atoms with E-state index in [0.29, 0.717) is 0 Å². The van der Waals surface area contributed by atoms with Gasteiger partial charge in [-0.05, 0) is 28.1 Å². The normalized spacial score (nSPS) is 20.3. The molecule has 160 valence electrons. The lowest BCUT2D eigenvalue weighted by Crippen LogP contribution is -2.95. The molecule has 3 aliphatic heterocycles. The van der Waals surface area contributed by atoms with E-state index in [4.69, 9.17) is 4.74 Å². The van der Waals surface area contributed by atoms with E-state index in [1.165, 1.54) is 33.0 Å². The van der Waals surface area contributed by atoms with Crippen LogP contribution >= 0.6 is 7.92 Å². The van der Waals surface area contributed by atoms with Gasteiger partial charge in [0.15, 0.2) is 18.1 Å². The van der Waals surface area contributed by atoms with Crippen molar-refractivity contribution < 1.29 is 18.4 Å². The molecule has 0 saturated carbocycles. The summed E-state index contributed by atoms with van der Waals surface area (Å²) >= 11 is 0. The van der Waals surface area contributed by atoms with Crippen molar-refractivity contribution in [2.75, 3.05) is 0 Å². The Morgan fingerprint density at radius 1 is 0.676 bits per heavy atom. The van der Waals surface area contributed by atoms with Crippen molar-refractivity contribution in [3.8, 4) is 11.6 Å². The summed E-state index contributed by atoms with van der Waals surface area (Å²) in [5, 5.41) is 2.70. The molecular weight excluding hydrogens is 437 g/mol. The number of fused-ring (bicyclic) bond motifs is 2. The highest BCUT2D eigenvalue weighted by Gasteiger charge is 2.75. The minimum absolute atomic E-state index is 0.602. The van der Waals surface area contributed by atoms with E-state index in [1.54, 1.807) is 0 Å². The quantitative estimate of drug-likeness (QED) is 0.273. The third-order valence-electron chi connectivity index (χ3n) is 7.20. The van der Waals surface area contributed by atoms with Crippen molar-refractivity contribution in [2.45, 2.75) is 12.2 Å². The van der Waals surface area contributed by atoms with Gasteiger partial charge in [-0.2, -0.15) is 0 Å². The van der Waals surface area contributed by atoms with Crippen LogP contribution in [0.4, 0.5) is 0 Å². The summed E-state index contributed by atoms with van der Waals surface area (Å²) in [6.45, 7) is 0. The van der Waals surface area contributed by atoms with Gasteiger partial charge in [-0.1, -0.05) is 57.7 Å². The molecule has 2 aromatic carbocycles. The molecule has 3 aliphatic rings. The van der Waals surface area contributed by atoms with Crippen LogP contribution in [-0.4, -0.2) is 0 Å². The Hall–Kier alpha value is -3.88. The zero-order valence-corrected chi connectivity index (χ0v) is 19.3. The van der Waals surface area contributed by atoms with Crippen LogP contribution in [0.3, 0.4) is 0 Å². The SMILES string of the molecule is c1ccc(P2c3cccc4c3C3([n+]5ccccc5Cc5cccc2[n+]53)[n+]2ccccc2O4)cc1. The maximum absolute atomic E-state index is 6.58. The second kappa shape index (κ2) is 6.59. The summed E-state index contributed by atoms with van der Waals surface area (Å²) in [6, 6.07) is 37.1. The Labute approximate surface area is 198 Å². The summed E-state index contributed by atoms with van der Waals surface area (Å²) in [5.41, 5.74) is 5.19. The van der Waals surface area contributed by atoms with Gasteiger partial charge < -0.3 is 4.74 Å². The number of nitrogens with zero attached hydrogens (tertiary/aromatic N) is 3.